The molecule has 1 fully saturated rings. The minimum atomic E-state index is 0. The first-order chi connectivity index (χ1) is 8.85. The van der Waals surface area contributed by atoms with Crippen molar-refractivity contribution in [3.8, 4) is 0 Å². The van der Waals surface area contributed by atoms with Crippen LogP contribution in [-0.4, -0.2) is 37.2 Å². The zero-order valence-corrected chi connectivity index (χ0v) is 11.6. The Bertz CT molecular complexity index is 496. The lowest BCUT2D eigenvalue weighted by atomic mass is 10.2. The summed E-state index contributed by atoms with van der Waals surface area (Å²) in [6, 6.07) is 10.2. The van der Waals surface area contributed by atoms with Crippen LogP contribution in [-0.2, 0) is 11.3 Å². The minimum absolute atomic E-state index is 0. The van der Waals surface area contributed by atoms with Crippen molar-refractivity contribution in [2.45, 2.75) is 12.6 Å². The molecule has 0 bridgehead atoms. The van der Waals surface area contributed by atoms with E-state index in [1.54, 1.807) is 0 Å². The number of halogens is 1. The monoisotopic (exact) mass is 282 g/mol. The molecule has 2 heterocycles. The van der Waals surface area contributed by atoms with Crippen LogP contribution in [0.15, 0.2) is 34.7 Å². The largest absolute Gasteiger partial charge is 0.460 e. The number of para-hydroxylation sites is 1. The van der Waals surface area contributed by atoms with Gasteiger partial charge in [-0.1, -0.05) is 18.2 Å². The normalized spacial score (nSPS) is 20.4. The first kappa shape index (κ1) is 14.3. The van der Waals surface area contributed by atoms with Gasteiger partial charge in [0.1, 0.15) is 11.3 Å². The Kier molecular flexibility index (Phi) is 4.82. The van der Waals surface area contributed by atoms with E-state index in [1.807, 2.05) is 18.2 Å². The van der Waals surface area contributed by atoms with Gasteiger partial charge in [0.2, 0.25) is 0 Å². The van der Waals surface area contributed by atoms with Crippen LogP contribution in [0.4, 0.5) is 0 Å². The summed E-state index contributed by atoms with van der Waals surface area (Å²) >= 11 is 0. The van der Waals surface area contributed by atoms with E-state index < -0.39 is 0 Å². The van der Waals surface area contributed by atoms with Crippen molar-refractivity contribution >= 4 is 23.4 Å². The minimum Gasteiger partial charge on any atom is -0.460 e. The predicted molar refractivity (Wildman–Crippen MR) is 77.5 cm³/mol. The maximum absolute atomic E-state index is 5.83. The number of benzene rings is 1. The second kappa shape index (κ2) is 6.39. The van der Waals surface area contributed by atoms with Crippen molar-refractivity contribution < 1.29 is 9.15 Å². The molecular formula is C14H19ClN2O2. The fourth-order valence-electron chi connectivity index (χ4n) is 2.40. The number of nitrogens with two attached hydrogens (primary N) is 1. The lowest BCUT2D eigenvalue weighted by Gasteiger charge is -2.31. The molecule has 1 aliphatic rings. The van der Waals surface area contributed by atoms with E-state index >= 15 is 0 Å². The summed E-state index contributed by atoms with van der Waals surface area (Å²) in [6.45, 7) is 3.98. The first-order valence-corrected chi connectivity index (χ1v) is 6.36. The third-order valence-electron chi connectivity index (χ3n) is 3.34. The summed E-state index contributed by atoms with van der Waals surface area (Å²) in [5, 5.41) is 1.16. The van der Waals surface area contributed by atoms with Crippen LogP contribution in [0, 0.1) is 0 Å². The summed E-state index contributed by atoms with van der Waals surface area (Å²) in [5.41, 5.74) is 6.60. The molecule has 0 spiro atoms. The van der Waals surface area contributed by atoms with Gasteiger partial charge >= 0.3 is 0 Å². The van der Waals surface area contributed by atoms with Crippen LogP contribution >= 0.6 is 12.4 Å². The highest BCUT2D eigenvalue weighted by Gasteiger charge is 2.20. The Labute approximate surface area is 118 Å². The first-order valence-electron chi connectivity index (χ1n) is 6.36. The zero-order chi connectivity index (χ0) is 12.4. The number of nitrogens with zero attached hydrogens (tertiary/aromatic N) is 1. The molecule has 2 aromatic rings. The molecule has 1 unspecified atom stereocenters. The molecule has 1 aromatic carbocycles. The quantitative estimate of drug-likeness (QED) is 0.936. The van der Waals surface area contributed by atoms with E-state index in [2.05, 4.69) is 17.0 Å². The predicted octanol–water partition coefficient (Wildman–Crippen LogP) is 2.01. The molecule has 3 rings (SSSR count). The third-order valence-corrected chi connectivity index (χ3v) is 3.34. The van der Waals surface area contributed by atoms with E-state index in [0.717, 1.165) is 43.0 Å². The van der Waals surface area contributed by atoms with Crippen LogP contribution in [0.3, 0.4) is 0 Å². The van der Waals surface area contributed by atoms with Crippen molar-refractivity contribution in [3.63, 3.8) is 0 Å². The molecule has 1 saturated heterocycles. The van der Waals surface area contributed by atoms with Crippen molar-refractivity contribution in [2.75, 3.05) is 26.2 Å². The maximum Gasteiger partial charge on any atom is 0.134 e. The second-order valence-corrected chi connectivity index (χ2v) is 4.71. The summed E-state index contributed by atoms with van der Waals surface area (Å²) in [5.74, 6) is 1.01. The highest BCUT2D eigenvalue weighted by Crippen LogP contribution is 2.20. The Balaban J connectivity index is 0.00000133. The molecule has 1 atom stereocenters. The van der Waals surface area contributed by atoms with Crippen molar-refractivity contribution in [3.05, 3.63) is 36.1 Å². The Hall–Kier alpha value is -1.07. The second-order valence-electron chi connectivity index (χ2n) is 4.71. The Morgan fingerprint density at radius 3 is 2.95 bits per heavy atom. The van der Waals surface area contributed by atoms with Crippen LogP contribution in [0.2, 0.25) is 0 Å². The van der Waals surface area contributed by atoms with Crippen LogP contribution in [0.1, 0.15) is 5.76 Å². The lowest BCUT2D eigenvalue weighted by molar-refractivity contribution is -0.0277. The van der Waals surface area contributed by atoms with Crippen LogP contribution in [0.5, 0.6) is 0 Å². The van der Waals surface area contributed by atoms with Gasteiger partial charge in [-0.2, -0.15) is 0 Å². The molecule has 0 amide bonds. The number of furan rings is 1. The van der Waals surface area contributed by atoms with Gasteiger partial charge < -0.3 is 14.9 Å². The molecule has 2 N–H and O–H groups in total. The van der Waals surface area contributed by atoms with Crippen molar-refractivity contribution in [1.29, 1.82) is 0 Å². The van der Waals surface area contributed by atoms with Gasteiger partial charge in [0.25, 0.3) is 0 Å². The molecule has 0 saturated carbocycles. The molecule has 0 radical (unpaired) electrons. The summed E-state index contributed by atoms with van der Waals surface area (Å²) in [4.78, 5) is 2.33. The van der Waals surface area contributed by atoms with Gasteiger partial charge in [-0.05, 0) is 12.1 Å². The smallest absolute Gasteiger partial charge is 0.134 e. The number of rotatable bonds is 3. The van der Waals surface area contributed by atoms with Crippen LogP contribution < -0.4 is 5.73 Å². The van der Waals surface area contributed by atoms with Crippen molar-refractivity contribution in [1.82, 2.24) is 4.90 Å². The van der Waals surface area contributed by atoms with E-state index in [0.29, 0.717) is 6.54 Å². The maximum atomic E-state index is 5.83. The number of fused-ring (bicyclic) bond motifs is 1. The molecule has 1 aliphatic heterocycles. The van der Waals surface area contributed by atoms with E-state index in [4.69, 9.17) is 14.9 Å². The number of hydrogen-bond acceptors (Lipinski definition) is 4. The molecule has 1 aromatic heterocycles. The fraction of sp³-hybridized carbons (Fsp3) is 0.429. The fourth-order valence-corrected chi connectivity index (χ4v) is 2.40. The number of ether oxygens (including phenoxy) is 1. The molecule has 104 valence electrons. The summed E-state index contributed by atoms with van der Waals surface area (Å²) in [6.07, 6.45) is 0.156. The van der Waals surface area contributed by atoms with Gasteiger partial charge in [0.15, 0.2) is 0 Å². The van der Waals surface area contributed by atoms with Gasteiger partial charge in [-0.15, -0.1) is 12.4 Å². The standard InChI is InChI=1S/C14H18N2O2.ClH/c15-8-13-10-16(5-6-17-13)9-12-7-11-3-1-2-4-14(11)18-12;/h1-4,7,13H,5-6,8-10,15H2;1H. The Morgan fingerprint density at radius 2 is 2.16 bits per heavy atom. The lowest BCUT2D eigenvalue weighted by Crippen LogP contribution is -2.45. The molecule has 5 heteroatoms. The summed E-state index contributed by atoms with van der Waals surface area (Å²) in [7, 11) is 0. The molecule has 4 nitrogen and oxygen atoms in total. The van der Waals surface area contributed by atoms with Gasteiger partial charge in [0.05, 0.1) is 19.3 Å². The van der Waals surface area contributed by atoms with Gasteiger partial charge in [-0.25, -0.2) is 0 Å². The van der Waals surface area contributed by atoms with E-state index in [9.17, 15) is 0 Å². The molecule has 19 heavy (non-hydrogen) atoms. The number of hydrogen-bond donors (Lipinski definition) is 1. The number of morpholine rings is 1. The average molecular weight is 283 g/mol. The average Bonchev–Trinajstić information content (AvgIpc) is 2.81. The summed E-state index contributed by atoms with van der Waals surface area (Å²) < 4.78 is 11.4. The topological polar surface area (TPSA) is 51.6 Å². The van der Waals surface area contributed by atoms with E-state index in [-0.39, 0.29) is 18.5 Å². The van der Waals surface area contributed by atoms with Gasteiger partial charge in [0, 0.05) is 25.0 Å². The third kappa shape index (κ3) is 3.28. The van der Waals surface area contributed by atoms with Crippen LogP contribution in [0.25, 0.3) is 11.0 Å². The highest BCUT2D eigenvalue weighted by molar-refractivity contribution is 5.85. The molecular weight excluding hydrogens is 264 g/mol. The SMILES string of the molecule is Cl.NCC1CN(Cc2cc3ccccc3o2)CCO1. The highest BCUT2D eigenvalue weighted by atomic mass is 35.5. The van der Waals surface area contributed by atoms with Gasteiger partial charge in [-0.3, -0.25) is 4.90 Å². The van der Waals surface area contributed by atoms with E-state index in [1.165, 1.54) is 0 Å². The Morgan fingerprint density at radius 1 is 1.32 bits per heavy atom. The van der Waals surface area contributed by atoms with Crippen molar-refractivity contribution in [2.24, 2.45) is 5.73 Å². The zero-order valence-electron chi connectivity index (χ0n) is 10.7. The molecule has 0 aliphatic carbocycles.